The molecule has 46 heavy (non-hydrogen) atoms. The number of ether oxygens (including phenoxy) is 1. The van der Waals surface area contributed by atoms with Gasteiger partial charge in [-0.05, 0) is 93.1 Å². The van der Waals surface area contributed by atoms with Crippen molar-refractivity contribution < 1.29 is 32.2 Å². The number of carboxylic acid groups (broad SMARTS) is 1. The molecule has 0 saturated carbocycles. The molecule has 1 aromatic heterocycles. The Morgan fingerprint density at radius 2 is 1.76 bits per heavy atom. The molecular formula is C35H44F4N4O3. The Labute approximate surface area is 268 Å². The molecular weight excluding hydrogens is 600 g/mol. The molecule has 0 unspecified atom stereocenters. The molecule has 5 rings (SSSR count). The van der Waals surface area contributed by atoms with Gasteiger partial charge in [0.15, 0.2) is 0 Å². The maximum Gasteiger partial charge on any atom is 0.573 e. The summed E-state index contributed by atoms with van der Waals surface area (Å²) in [5.41, 5.74) is 2.81. The zero-order valence-corrected chi connectivity index (χ0v) is 26.9. The van der Waals surface area contributed by atoms with E-state index in [9.17, 15) is 27.5 Å². The molecule has 250 valence electrons. The highest BCUT2D eigenvalue weighted by Crippen LogP contribution is 2.40. The van der Waals surface area contributed by atoms with Gasteiger partial charge in [0.2, 0.25) is 0 Å². The van der Waals surface area contributed by atoms with E-state index < -0.39 is 17.9 Å². The van der Waals surface area contributed by atoms with Crippen LogP contribution in [-0.4, -0.2) is 75.3 Å². The number of aromatic nitrogens is 2. The Kier molecular flexibility index (Phi) is 10.1. The van der Waals surface area contributed by atoms with Crippen LogP contribution in [0, 0.1) is 17.7 Å². The zero-order valence-electron chi connectivity index (χ0n) is 26.9. The Balaban J connectivity index is 1.24. The van der Waals surface area contributed by atoms with Crippen LogP contribution in [-0.2, 0) is 17.8 Å². The molecule has 0 spiro atoms. The molecule has 2 aliphatic rings. The summed E-state index contributed by atoms with van der Waals surface area (Å²) in [6, 6.07) is 14.8. The summed E-state index contributed by atoms with van der Waals surface area (Å²) in [6.07, 6.45) is -2.30. The van der Waals surface area contributed by atoms with Crippen molar-refractivity contribution in [2.75, 3.05) is 32.7 Å². The normalized spacial score (nSPS) is 21.5. The quantitative estimate of drug-likeness (QED) is 0.229. The molecule has 1 N–H and O–H groups in total. The topological polar surface area (TPSA) is 70.8 Å². The first-order chi connectivity index (χ1) is 21.8. The highest BCUT2D eigenvalue weighted by molar-refractivity contribution is 5.78. The smallest absolute Gasteiger partial charge is 0.480 e. The monoisotopic (exact) mass is 644 g/mol. The van der Waals surface area contributed by atoms with Crippen LogP contribution in [0.3, 0.4) is 0 Å². The second-order valence-electron chi connectivity index (χ2n) is 13.3. The number of hydrogen-bond donors (Lipinski definition) is 1. The first kappa shape index (κ1) is 33.9. The minimum absolute atomic E-state index is 0.0315. The van der Waals surface area contributed by atoms with Gasteiger partial charge in [0.25, 0.3) is 0 Å². The van der Waals surface area contributed by atoms with Crippen LogP contribution in [0.2, 0.25) is 0 Å². The van der Waals surface area contributed by atoms with Crippen LogP contribution in [0.25, 0.3) is 0 Å². The van der Waals surface area contributed by atoms with E-state index in [2.05, 4.69) is 27.5 Å². The summed E-state index contributed by atoms with van der Waals surface area (Å²) in [5, 5.41) is 15.0. The molecule has 2 aliphatic heterocycles. The van der Waals surface area contributed by atoms with Gasteiger partial charge >= 0.3 is 12.3 Å². The number of carbonyl (C=O) groups is 1. The van der Waals surface area contributed by atoms with Crippen LogP contribution in [0.15, 0.2) is 54.6 Å². The molecule has 0 aliphatic carbocycles. The van der Waals surface area contributed by atoms with Gasteiger partial charge in [-0.25, -0.2) is 4.39 Å². The van der Waals surface area contributed by atoms with Crippen molar-refractivity contribution in [1.29, 1.82) is 0 Å². The van der Waals surface area contributed by atoms with E-state index in [4.69, 9.17) is 5.10 Å². The van der Waals surface area contributed by atoms with Gasteiger partial charge < -0.3 is 14.7 Å². The van der Waals surface area contributed by atoms with Crippen molar-refractivity contribution in [1.82, 2.24) is 19.6 Å². The van der Waals surface area contributed by atoms with Gasteiger partial charge in [0, 0.05) is 50.1 Å². The molecule has 3 aromatic rings. The van der Waals surface area contributed by atoms with Crippen molar-refractivity contribution in [2.24, 2.45) is 11.8 Å². The Morgan fingerprint density at radius 1 is 1.07 bits per heavy atom. The average Bonchev–Trinajstić information content (AvgIpc) is 3.61. The highest BCUT2D eigenvalue weighted by Gasteiger charge is 2.49. The fourth-order valence-corrected chi connectivity index (χ4v) is 7.21. The maximum absolute atomic E-state index is 14.3. The number of piperidine rings is 1. The largest absolute Gasteiger partial charge is 0.573 e. The molecule has 3 atom stereocenters. The number of rotatable bonds is 11. The predicted molar refractivity (Wildman–Crippen MR) is 167 cm³/mol. The van der Waals surface area contributed by atoms with Crippen molar-refractivity contribution in [3.8, 4) is 5.75 Å². The number of nitrogens with zero attached hydrogens (tertiary/aromatic N) is 4. The van der Waals surface area contributed by atoms with Crippen LogP contribution in [0.4, 0.5) is 17.6 Å². The molecule has 0 radical (unpaired) electrons. The standard InChI is InChI=1S/C35H44F4N4O3/c1-5-43-32(19-29(40-43)17-24-9-11-30(12-10-24)46-35(37,38)39)25-13-15-41(16-14-25)20-27-21-42(34(4,23(2)3)33(44)45)22-31(27)26-7-6-8-28(36)18-26/h6-12,18-19,23,25,27,31H,5,13-17,20-22H2,1-4H3,(H,44,45)/t27-,31+,34-/m0/s1. The summed E-state index contributed by atoms with van der Waals surface area (Å²) >= 11 is 0. The zero-order chi connectivity index (χ0) is 33.2. The molecule has 2 saturated heterocycles. The molecule has 2 fully saturated rings. The SMILES string of the molecule is CCn1nc(Cc2ccc(OC(F)(F)F)cc2)cc1C1CCN(C[C@H]2CN([C@](C)(C(=O)O)C(C)C)C[C@@H]2c2cccc(F)c2)CC1. The number of hydrogen-bond acceptors (Lipinski definition) is 5. The van der Waals surface area contributed by atoms with E-state index in [1.54, 1.807) is 31.2 Å². The number of alkyl halides is 3. The third-order valence-electron chi connectivity index (χ3n) is 10.1. The number of halogens is 4. The van der Waals surface area contributed by atoms with Crippen molar-refractivity contribution >= 4 is 5.97 Å². The van der Waals surface area contributed by atoms with Gasteiger partial charge in [-0.2, -0.15) is 5.10 Å². The third kappa shape index (κ3) is 7.57. The predicted octanol–water partition coefficient (Wildman–Crippen LogP) is 6.93. The summed E-state index contributed by atoms with van der Waals surface area (Å²) < 4.78 is 57.9. The molecule has 2 aromatic carbocycles. The molecule has 0 bridgehead atoms. The summed E-state index contributed by atoms with van der Waals surface area (Å²) in [6.45, 7) is 12.3. The van der Waals surface area contributed by atoms with Gasteiger partial charge in [-0.3, -0.25) is 14.4 Å². The number of benzene rings is 2. The van der Waals surface area contributed by atoms with Gasteiger partial charge in [0.1, 0.15) is 17.1 Å². The van der Waals surface area contributed by atoms with Crippen molar-refractivity contribution in [3.05, 3.63) is 82.9 Å². The van der Waals surface area contributed by atoms with E-state index >= 15 is 0 Å². The first-order valence-corrected chi connectivity index (χ1v) is 16.1. The Hall–Kier alpha value is -3.44. The Bertz CT molecular complexity index is 1480. The summed E-state index contributed by atoms with van der Waals surface area (Å²) in [7, 11) is 0. The van der Waals surface area contributed by atoms with E-state index in [-0.39, 0.29) is 29.3 Å². The van der Waals surface area contributed by atoms with E-state index in [1.165, 1.54) is 23.9 Å². The molecule has 0 amide bonds. The minimum atomic E-state index is -4.72. The van der Waals surface area contributed by atoms with Gasteiger partial charge in [-0.15, -0.1) is 13.2 Å². The van der Waals surface area contributed by atoms with Crippen LogP contribution < -0.4 is 4.74 Å². The number of likely N-dealkylation sites (tertiary alicyclic amines) is 2. The second kappa shape index (κ2) is 13.7. The summed E-state index contributed by atoms with van der Waals surface area (Å²) in [4.78, 5) is 17.0. The van der Waals surface area contributed by atoms with E-state index in [1.807, 2.05) is 24.6 Å². The lowest BCUT2D eigenvalue weighted by Gasteiger charge is -2.39. The lowest BCUT2D eigenvalue weighted by molar-refractivity contribution is -0.274. The summed E-state index contributed by atoms with van der Waals surface area (Å²) in [5.74, 6) is -0.924. The fourth-order valence-electron chi connectivity index (χ4n) is 7.21. The number of carboxylic acids is 1. The maximum atomic E-state index is 14.3. The molecule has 11 heteroatoms. The van der Waals surface area contributed by atoms with Gasteiger partial charge in [-0.1, -0.05) is 38.1 Å². The fraction of sp³-hybridized carbons (Fsp3) is 0.543. The third-order valence-corrected chi connectivity index (χ3v) is 10.1. The second-order valence-corrected chi connectivity index (χ2v) is 13.3. The van der Waals surface area contributed by atoms with Crippen molar-refractivity contribution in [3.63, 3.8) is 0 Å². The molecule has 3 heterocycles. The lowest BCUT2D eigenvalue weighted by Crippen LogP contribution is -2.55. The number of aryl methyl sites for hydroxylation is 1. The Morgan fingerprint density at radius 3 is 2.35 bits per heavy atom. The van der Waals surface area contributed by atoms with Crippen LogP contribution in [0.1, 0.15) is 74.9 Å². The van der Waals surface area contributed by atoms with E-state index in [0.29, 0.717) is 25.4 Å². The molecule has 7 nitrogen and oxygen atoms in total. The first-order valence-electron chi connectivity index (χ1n) is 16.1. The average molecular weight is 645 g/mol. The van der Waals surface area contributed by atoms with Crippen molar-refractivity contribution in [2.45, 2.75) is 77.2 Å². The van der Waals surface area contributed by atoms with E-state index in [0.717, 1.165) is 55.8 Å². The van der Waals surface area contributed by atoms with Gasteiger partial charge in [0.05, 0.1) is 5.69 Å². The number of aliphatic carboxylic acids is 1. The highest BCUT2D eigenvalue weighted by atomic mass is 19.4. The minimum Gasteiger partial charge on any atom is -0.480 e. The van der Waals surface area contributed by atoms with Crippen LogP contribution >= 0.6 is 0 Å². The lowest BCUT2D eigenvalue weighted by atomic mass is 9.86. The van der Waals surface area contributed by atoms with Crippen LogP contribution in [0.5, 0.6) is 5.75 Å².